The summed E-state index contributed by atoms with van der Waals surface area (Å²) in [5.74, 6) is -0.463. The molecule has 0 atom stereocenters. The van der Waals surface area contributed by atoms with Gasteiger partial charge in [0.25, 0.3) is 5.56 Å². The van der Waals surface area contributed by atoms with E-state index in [1.165, 1.54) is 29.5 Å². The number of rotatable bonds is 4. The molecule has 0 radical (unpaired) electrons. The summed E-state index contributed by atoms with van der Waals surface area (Å²) in [6.45, 7) is 3.70. The Bertz CT molecular complexity index is 1130. The molecule has 2 aromatic heterocycles. The van der Waals surface area contributed by atoms with Gasteiger partial charge in [-0.2, -0.15) is 18.3 Å². The van der Waals surface area contributed by atoms with E-state index in [0.29, 0.717) is 10.2 Å². The molecule has 2 N–H and O–H groups in total. The number of fused-ring (bicyclic) bond motifs is 1. The number of amides is 1. The van der Waals surface area contributed by atoms with Crippen LogP contribution in [0.25, 0.3) is 10.2 Å². The number of aromatic amines is 1. The molecule has 0 aliphatic carbocycles. The van der Waals surface area contributed by atoms with E-state index in [0.717, 1.165) is 22.7 Å². The summed E-state index contributed by atoms with van der Waals surface area (Å²) in [6, 6.07) is 4.88. The number of H-pyrrole nitrogens is 1. The topological polar surface area (TPSA) is 87.2 Å². The molecule has 146 valence electrons. The standard InChI is InChI=1S/C18H15F3N4O2S/c1-9-10(2)28-17-15(9)16(27)23-13(24-17)7-14(26)25-22-8-11-5-3-4-6-12(11)18(19,20)21/h3-6,8H,7H2,1-2H3,(H,25,26)(H,23,24,27)/b22-8+. The number of hydrazone groups is 1. The SMILES string of the molecule is Cc1sc2nc(CC(=O)N/N=C/c3ccccc3C(F)(F)F)[nH]c(=O)c2c1C. The first-order valence-corrected chi connectivity index (χ1v) is 8.95. The number of nitrogens with one attached hydrogen (secondary N) is 2. The van der Waals surface area contributed by atoms with E-state index in [1.54, 1.807) is 0 Å². The average Bonchev–Trinajstić information content (AvgIpc) is 2.89. The molecule has 0 saturated heterocycles. The van der Waals surface area contributed by atoms with Gasteiger partial charge in [-0.3, -0.25) is 9.59 Å². The fourth-order valence-corrected chi connectivity index (χ4v) is 3.66. The maximum atomic E-state index is 12.9. The molecule has 0 fully saturated rings. The van der Waals surface area contributed by atoms with E-state index in [9.17, 15) is 22.8 Å². The lowest BCUT2D eigenvalue weighted by molar-refractivity contribution is -0.137. The smallest absolute Gasteiger partial charge is 0.309 e. The first-order chi connectivity index (χ1) is 13.2. The van der Waals surface area contributed by atoms with Crippen LogP contribution in [0.2, 0.25) is 0 Å². The molecule has 3 rings (SSSR count). The second-order valence-electron chi connectivity index (χ2n) is 6.03. The number of alkyl halides is 3. The number of thiophene rings is 1. The Kier molecular flexibility index (Phi) is 5.32. The zero-order valence-corrected chi connectivity index (χ0v) is 15.7. The van der Waals surface area contributed by atoms with Gasteiger partial charge in [-0.05, 0) is 25.5 Å². The summed E-state index contributed by atoms with van der Waals surface area (Å²) in [4.78, 5) is 32.5. The largest absolute Gasteiger partial charge is 0.417 e. The Balaban J connectivity index is 1.73. The molecule has 0 saturated carbocycles. The highest BCUT2D eigenvalue weighted by atomic mass is 32.1. The van der Waals surface area contributed by atoms with Crippen LogP contribution in [0.15, 0.2) is 34.2 Å². The monoisotopic (exact) mass is 408 g/mol. The molecule has 28 heavy (non-hydrogen) atoms. The number of benzene rings is 1. The van der Waals surface area contributed by atoms with Gasteiger partial charge >= 0.3 is 6.18 Å². The van der Waals surface area contributed by atoms with Crippen LogP contribution in [0.3, 0.4) is 0 Å². The number of carbonyl (C=O) groups excluding carboxylic acids is 1. The van der Waals surface area contributed by atoms with Gasteiger partial charge in [-0.1, -0.05) is 18.2 Å². The molecule has 6 nitrogen and oxygen atoms in total. The fraction of sp³-hybridized carbons (Fsp3) is 0.222. The average molecular weight is 408 g/mol. The summed E-state index contributed by atoms with van der Waals surface area (Å²) < 4.78 is 38.8. The van der Waals surface area contributed by atoms with E-state index >= 15 is 0 Å². The van der Waals surface area contributed by atoms with Crippen molar-refractivity contribution in [3.63, 3.8) is 0 Å². The van der Waals surface area contributed by atoms with Crippen LogP contribution >= 0.6 is 11.3 Å². The lowest BCUT2D eigenvalue weighted by Crippen LogP contribution is -2.23. The van der Waals surface area contributed by atoms with Crippen LogP contribution < -0.4 is 11.0 Å². The van der Waals surface area contributed by atoms with Gasteiger partial charge in [0.2, 0.25) is 5.91 Å². The van der Waals surface area contributed by atoms with Gasteiger partial charge in [-0.25, -0.2) is 10.4 Å². The van der Waals surface area contributed by atoms with Gasteiger partial charge in [0, 0.05) is 10.4 Å². The summed E-state index contributed by atoms with van der Waals surface area (Å²) in [6.07, 6.45) is -3.87. The molecule has 3 aromatic rings. The number of aromatic nitrogens is 2. The first kappa shape index (κ1) is 19.7. The zero-order valence-electron chi connectivity index (χ0n) is 14.8. The fourth-order valence-electron chi connectivity index (χ4n) is 2.62. The van der Waals surface area contributed by atoms with Crippen molar-refractivity contribution in [3.8, 4) is 0 Å². The zero-order chi connectivity index (χ0) is 20.5. The molecule has 0 spiro atoms. The van der Waals surface area contributed by atoms with Gasteiger partial charge in [0.05, 0.1) is 23.6 Å². The van der Waals surface area contributed by atoms with Crippen LogP contribution in [0.4, 0.5) is 13.2 Å². The molecule has 0 aliphatic rings. The minimum atomic E-state index is -4.53. The third-order valence-electron chi connectivity index (χ3n) is 4.08. The summed E-state index contributed by atoms with van der Waals surface area (Å²) in [5, 5.41) is 4.07. The maximum absolute atomic E-state index is 12.9. The Morgan fingerprint density at radius 2 is 2.04 bits per heavy atom. The van der Waals surface area contributed by atoms with Crippen molar-refractivity contribution in [2.75, 3.05) is 0 Å². The highest BCUT2D eigenvalue weighted by Crippen LogP contribution is 2.31. The summed E-state index contributed by atoms with van der Waals surface area (Å²) >= 11 is 1.35. The van der Waals surface area contributed by atoms with Crippen LogP contribution in [-0.2, 0) is 17.4 Å². The predicted octanol–water partition coefficient (Wildman–Crippen LogP) is 3.31. The van der Waals surface area contributed by atoms with Crippen LogP contribution in [-0.4, -0.2) is 22.1 Å². The Morgan fingerprint density at radius 1 is 1.32 bits per heavy atom. The van der Waals surface area contributed by atoms with Crippen LogP contribution in [0.5, 0.6) is 0 Å². The molecule has 0 aliphatic heterocycles. The first-order valence-electron chi connectivity index (χ1n) is 8.14. The number of halogens is 3. The van der Waals surface area contributed by atoms with Crippen LogP contribution in [0.1, 0.15) is 27.4 Å². The third-order valence-corrected chi connectivity index (χ3v) is 5.18. The number of hydrogen-bond acceptors (Lipinski definition) is 5. The minimum absolute atomic E-state index is 0.155. The summed E-state index contributed by atoms with van der Waals surface area (Å²) in [7, 11) is 0. The van der Waals surface area contributed by atoms with Crippen molar-refractivity contribution < 1.29 is 18.0 Å². The lowest BCUT2D eigenvalue weighted by Gasteiger charge is -2.09. The quantitative estimate of drug-likeness (QED) is 0.513. The normalized spacial score (nSPS) is 12.0. The molecular weight excluding hydrogens is 393 g/mol. The van der Waals surface area contributed by atoms with Crippen molar-refractivity contribution in [2.45, 2.75) is 26.4 Å². The van der Waals surface area contributed by atoms with Crippen molar-refractivity contribution >= 4 is 33.7 Å². The minimum Gasteiger partial charge on any atom is -0.309 e. The Hall–Kier alpha value is -3.01. The molecule has 0 unspecified atom stereocenters. The van der Waals surface area contributed by atoms with E-state index in [4.69, 9.17) is 0 Å². The Morgan fingerprint density at radius 3 is 2.75 bits per heavy atom. The van der Waals surface area contributed by atoms with E-state index in [2.05, 4.69) is 20.5 Å². The second-order valence-corrected chi connectivity index (χ2v) is 7.23. The molecule has 1 amide bonds. The van der Waals surface area contributed by atoms with E-state index < -0.39 is 17.6 Å². The third kappa shape index (κ3) is 4.11. The molecule has 2 heterocycles. The van der Waals surface area contributed by atoms with Crippen LogP contribution in [0, 0.1) is 13.8 Å². The van der Waals surface area contributed by atoms with Crippen molar-refractivity contribution in [1.82, 2.24) is 15.4 Å². The molecular formula is C18H15F3N4O2S. The van der Waals surface area contributed by atoms with Crippen molar-refractivity contribution in [1.29, 1.82) is 0 Å². The maximum Gasteiger partial charge on any atom is 0.417 e. The van der Waals surface area contributed by atoms with E-state index in [-0.39, 0.29) is 23.4 Å². The van der Waals surface area contributed by atoms with Crippen molar-refractivity contribution in [3.05, 3.63) is 62.0 Å². The van der Waals surface area contributed by atoms with Crippen molar-refractivity contribution in [2.24, 2.45) is 5.10 Å². The van der Waals surface area contributed by atoms with Gasteiger partial charge in [0.1, 0.15) is 10.7 Å². The summed E-state index contributed by atoms with van der Waals surface area (Å²) in [5.41, 5.74) is 1.63. The molecule has 1 aromatic carbocycles. The van der Waals surface area contributed by atoms with E-state index in [1.807, 2.05) is 13.8 Å². The van der Waals surface area contributed by atoms with Gasteiger partial charge in [-0.15, -0.1) is 11.3 Å². The number of carbonyl (C=O) groups is 1. The van der Waals surface area contributed by atoms with Gasteiger partial charge < -0.3 is 4.98 Å². The second kappa shape index (κ2) is 7.55. The highest BCUT2D eigenvalue weighted by Gasteiger charge is 2.32. The Labute approximate surface area is 161 Å². The number of aryl methyl sites for hydroxylation is 2. The number of hydrogen-bond donors (Lipinski definition) is 2. The number of nitrogens with zero attached hydrogens (tertiary/aromatic N) is 2. The highest BCUT2D eigenvalue weighted by molar-refractivity contribution is 7.18. The molecule has 0 bridgehead atoms. The predicted molar refractivity (Wildman–Crippen MR) is 101 cm³/mol. The van der Waals surface area contributed by atoms with Gasteiger partial charge in [0.15, 0.2) is 0 Å². The lowest BCUT2D eigenvalue weighted by atomic mass is 10.1. The molecule has 10 heteroatoms.